The van der Waals surface area contributed by atoms with Crippen molar-refractivity contribution in [1.82, 2.24) is 4.98 Å². The number of hydrogen-bond donors (Lipinski definition) is 1. The molecule has 2 aromatic rings. The topological polar surface area (TPSA) is 74.4 Å². The Labute approximate surface area is 105 Å². The van der Waals surface area contributed by atoms with E-state index in [0.29, 0.717) is 11.3 Å². The number of ether oxygens (including phenoxy) is 2. The minimum atomic E-state index is -0.514. The van der Waals surface area contributed by atoms with Crippen LogP contribution in [0.2, 0.25) is 0 Å². The average molecular weight is 246 g/mol. The number of carbonyl (C=O) groups is 1. The second-order valence-corrected chi connectivity index (χ2v) is 3.67. The van der Waals surface area contributed by atoms with E-state index in [4.69, 9.17) is 15.2 Å². The molecule has 0 saturated heterocycles. The highest BCUT2D eigenvalue weighted by atomic mass is 16.5. The number of anilines is 1. The normalized spacial score (nSPS) is 10.3. The summed E-state index contributed by atoms with van der Waals surface area (Å²) in [5.74, 6) is 0.154. The smallest absolute Gasteiger partial charge is 0.359 e. The molecular formula is C13H14N2O3. The molecule has 5 heteroatoms. The Balaban J connectivity index is 2.59. The van der Waals surface area contributed by atoms with E-state index < -0.39 is 5.97 Å². The number of nitrogens with zero attached hydrogens (tertiary/aromatic N) is 1. The molecular weight excluding hydrogens is 232 g/mol. The van der Waals surface area contributed by atoms with E-state index in [0.717, 1.165) is 5.39 Å². The summed E-state index contributed by atoms with van der Waals surface area (Å²) in [6.45, 7) is 2.02. The van der Waals surface area contributed by atoms with Gasteiger partial charge < -0.3 is 15.2 Å². The molecule has 0 aliphatic carbocycles. The lowest BCUT2D eigenvalue weighted by Crippen LogP contribution is -2.10. The molecule has 0 unspecified atom stereocenters. The van der Waals surface area contributed by atoms with Gasteiger partial charge in [0.25, 0.3) is 0 Å². The van der Waals surface area contributed by atoms with Gasteiger partial charge in [0.2, 0.25) is 0 Å². The summed E-state index contributed by atoms with van der Waals surface area (Å²) in [6, 6.07) is 7.08. The van der Waals surface area contributed by atoms with Gasteiger partial charge in [-0.05, 0) is 25.1 Å². The maximum atomic E-state index is 11.7. The molecule has 2 N–H and O–H groups in total. The molecule has 1 aromatic heterocycles. The van der Waals surface area contributed by atoms with Crippen molar-refractivity contribution in [3.05, 3.63) is 30.0 Å². The summed E-state index contributed by atoms with van der Waals surface area (Å²) in [7, 11) is 1.57. The second-order valence-electron chi connectivity index (χ2n) is 3.67. The Morgan fingerprint density at radius 1 is 1.44 bits per heavy atom. The van der Waals surface area contributed by atoms with Crippen molar-refractivity contribution >= 4 is 22.6 Å². The number of nitrogens with two attached hydrogens (primary N) is 1. The highest BCUT2D eigenvalue weighted by Gasteiger charge is 2.15. The van der Waals surface area contributed by atoms with Gasteiger partial charge in [-0.1, -0.05) is 6.07 Å². The molecule has 0 bridgehead atoms. The van der Waals surface area contributed by atoms with Gasteiger partial charge >= 0.3 is 5.97 Å². The standard InChI is InChI=1S/C13H14N2O3/c1-3-18-13(16)12-9(14)7-8-10(15-12)5-4-6-11(8)17-2/h4-7H,3,14H2,1-2H3. The van der Waals surface area contributed by atoms with Crippen molar-refractivity contribution in [2.75, 3.05) is 19.5 Å². The monoisotopic (exact) mass is 246 g/mol. The number of fused-ring (bicyclic) bond motifs is 1. The van der Waals surface area contributed by atoms with Crippen LogP contribution in [0, 0.1) is 0 Å². The van der Waals surface area contributed by atoms with Crippen molar-refractivity contribution in [2.45, 2.75) is 6.92 Å². The number of aromatic nitrogens is 1. The molecule has 0 spiro atoms. The number of benzene rings is 1. The molecule has 0 aliphatic heterocycles. The van der Waals surface area contributed by atoms with Gasteiger partial charge in [0, 0.05) is 5.39 Å². The van der Waals surface area contributed by atoms with E-state index >= 15 is 0 Å². The highest BCUT2D eigenvalue weighted by Crippen LogP contribution is 2.27. The lowest BCUT2D eigenvalue weighted by Gasteiger charge is -2.09. The van der Waals surface area contributed by atoms with Gasteiger partial charge in [-0.3, -0.25) is 0 Å². The molecule has 2 rings (SSSR count). The molecule has 0 atom stereocenters. The SMILES string of the molecule is CCOC(=O)c1nc2cccc(OC)c2cc1N. The largest absolute Gasteiger partial charge is 0.496 e. The zero-order valence-corrected chi connectivity index (χ0v) is 10.3. The molecule has 18 heavy (non-hydrogen) atoms. The summed E-state index contributed by atoms with van der Waals surface area (Å²) in [5.41, 5.74) is 6.89. The average Bonchev–Trinajstić information content (AvgIpc) is 2.37. The fourth-order valence-corrected chi connectivity index (χ4v) is 1.72. The fraction of sp³-hybridized carbons (Fsp3) is 0.231. The number of pyridine rings is 1. The third-order valence-corrected chi connectivity index (χ3v) is 2.54. The Kier molecular flexibility index (Phi) is 3.32. The Hall–Kier alpha value is -2.30. The first-order chi connectivity index (χ1) is 8.67. The van der Waals surface area contributed by atoms with Crippen LogP contribution in [0.4, 0.5) is 5.69 Å². The Morgan fingerprint density at radius 2 is 2.22 bits per heavy atom. The van der Waals surface area contributed by atoms with Crippen LogP contribution in [0.25, 0.3) is 10.9 Å². The van der Waals surface area contributed by atoms with Gasteiger partial charge in [0.1, 0.15) is 5.75 Å². The van der Waals surface area contributed by atoms with E-state index in [1.54, 1.807) is 32.2 Å². The van der Waals surface area contributed by atoms with Crippen LogP contribution in [0.1, 0.15) is 17.4 Å². The zero-order valence-electron chi connectivity index (χ0n) is 10.3. The molecule has 0 fully saturated rings. The maximum Gasteiger partial charge on any atom is 0.359 e. The summed E-state index contributed by atoms with van der Waals surface area (Å²) in [5, 5.41) is 0.769. The molecule has 0 saturated carbocycles. The van der Waals surface area contributed by atoms with Gasteiger partial charge in [0.05, 0.1) is 24.9 Å². The number of esters is 1. The fourth-order valence-electron chi connectivity index (χ4n) is 1.72. The van der Waals surface area contributed by atoms with E-state index in [9.17, 15) is 4.79 Å². The Bertz CT molecular complexity index is 596. The van der Waals surface area contributed by atoms with Crippen LogP contribution < -0.4 is 10.5 Å². The van der Waals surface area contributed by atoms with Gasteiger partial charge in [-0.25, -0.2) is 9.78 Å². The van der Waals surface area contributed by atoms with Crippen LogP contribution in [-0.2, 0) is 4.74 Å². The first-order valence-electron chi connectivity index (χ1n) is 5.57. The number of hydrogen-bond acceptors (Lipinski definition) is 5. The quantitative estimate of drug-likeness (QED) is 0.838. The van der Waals surface area contributed by atoms with Gasteiger partial charge in [-0.2, -0.15) is 0 Å². The zero-order chi connectivity index (χ0) is 13.1. The summed E-state index contributed by atoms with van der Waals surface area (Å²) in [6.07, 6.45) is 0. The number of methoxy groups -OCH3 is 1. The molecule has 0 amide bonds. The number of carbonyl (C=O) groups excluding carboxylic acids is 1. The van der Waals surface area contributed by atoms with Crippen LogP contribution in [0.15, 0.2) is 24.3 Å². The number of nitrogen functional groups attached to an aromatic ring is 1. The van der Waals surface area contributed by atoms with Crippen LogP contribution in [0.5, 0.6) is 5.75 Å². The first kappa shape index (κ1) is 12.2. The Morgan fingerprint density at radius 3 is 2.89 bits per heavy atom. The third-order valence-electron chi connectivity index (χ3n) is 2.54. The van der Waals surface area contributed by atoms with Gasteiger partial charge in [-0.15, -0.1) is 0 Å². The molecule has 0 aliphatic rings. The van der Waals surface area contributed by atoms with Crippen molar-refractivity contribution < 1.29 is 14.3 Å². The summed E-state index contributed by atoms with van der Waals surface area (Å²) < 4.78 is 10.1. The molecule has 5 nitrogen and oxygen atoms in total. The minimum absolute atomic E-state index is 0.137. The molecule has 1 aromatic carbocycles. The van der Waals surface area contributed by atoms with E-state index in [2.05, 4.69) is 4.98 Å². The lowest BCUT2D eigenvalue weighted by molar-refractivity contribution is 0.0521. The van der Waals surface area contributed by atoms with E-state index in [1.807, 2.05) is 6.07 Å². The van der Waals surface area contributed by atoms with Crippen molar-refractivity contribution in [2.24, 2.45) is 0 Å². The van der Waals surface area contributed by atoms with E-state index in [1.165, 1.54) is 0 Å². The first-order valence-corrected chi connectivity index (χ1v) is 5.57. The molecule has 0 radical (unpaired) electrons. The number of rotatable bonds is 3. The summed E-state index contributed by atoms with van der Waals surface area (Å²) in [4.78, 5) is 15.9. The van der Waals surface area contributed by atoms with Gasteiger partial charge in [0.15, 0.2) is 5.69 Å². The van der Waals surface area contributed by atoms with Crippen LogP contribution in [0.3, 0.4) is 0 Å². The predicted molar refractivity (Wildman–Crippen MR) is 68.7 cm³/mol. The molecule has 1 heterocycles. The lowest BCUT2D eigenvalue weighted by atomic mass is 10.1. The summed E-state index contributed by atoms with van der Waals surface area (Å²) >= 11 is 0. The van der Waals surface area contributed by atoms with Crippen LogP contribution >= 0.6 is 0 Å². The van der Waals surface area contributed by atoms with Crippen molar-refractivity contribution in [3.8, 4) is 5.75 Å². The highest BCUT2D eigenvalue weighted by molar-refractivity contribution is 5.98. The van der Waals surface area contributed by atoms with Crippen molar-refractivity contribution in [1.29, 1.82) is 0 Å². The molecule has 94 valence electrons. The predicted octanol–water partition coefficient (Wildman–Crippen LogP) is 2.00. The van der Waals surface area contributed by atoms with E-state index in [-0.39, 0.29) is 18.0 Å². The third kappa shape index (κ3) is 2.07. The minimum Gasteiger partial charge on any atom is -0.496 e. The van der Waals surface area contributed by atoms with Crippen molar-refractivity contribution in [3.63, 3.8) is 0 Å². The second kappa shape index (κ2) is 4.91. The van der Waals surface area contributed by atoms with Crippen LogP contribution in [-0.4, -0.2) is 24.7 Å². The maximum absolute atomic E-state index is 11.7.